The van der Waals surface area contributed by atoms with E-state index in [0.717, 1.165) is 19.4 Å². The highest BCUT2D eigenvalue weighted by Gasteiger charge is 2.26. The number of carboxylic acids is 1. The van der Waals surface area contributed by atoms with Gasteiger partial charge in [0.1, 0.15) is 4.88 Å². The molecule has 1 N–H and O–H groups in total. The third-order valence-electron chi connectivity index (χ3n) is 3.38. The Bertz CT molecular complexity index is 474. The van der Waals surface area contributed by atoms with Crippen LogP contribution in [0.1, 0.15) is 35.4 Å². The molecule has 1 unspecified atom stereocenters. The summed E-state index contributed by atoms with van der Waals surface area (Å²) in [5.41, 5.74) is 0. The molecule has 1 atom stereocenters. The summed E-state index contributed by atoms with van der Waals surface area (Å²) in [5, 5.41) is 11.0. The number of carboxylic acid groups (broad SMARTS) is 1. The molecule has 0 spiro atoms. The lowest BCUT2D eigenvalue weighted by Gasteiger charge is -2.32. The molecule has 6 heteroatoms. The number of carbonyl (C=O) groups is 2. The van der Waals surface area contributed by atoms with Crippen molar-refractivity contribution in [3.05, 3.63) is 21.3 Å². The van der Waals surface area contributed by atoms with Crippen molar-refractivity contribution in [1.29, 1.82) is 0 Å². The van der Waals surface area contributed by atoms with E-state index in [2.05, 4.69) is 0 Å². The molecule has 0 saturated carbocycles. The molecular formula is C13H16ClNO3S. The molecule has 2 rings (SSSR count). The van der Waals surface area contributed by atoms with Crippen molar-refractivity contribution in [1.82, 2.24) is 4.90 Å². The largest absolute Gasteiger partial charge is 0.481 e. The molecule has 0 radical (unpaired) electrons. The fourth-order valence-electron chi connectivity index (χ4n) is 2.40. The number of halogens is 1. The van der Waals surface area contributed by atoms with Crippen molar-refractivity contribution in [2.45, 2.75) is 25.7 Å². The summed E-state index contributed by atoms with van der Waals surface area (Å²) in [4.78, 5) is 25.3. The standard InChI is InChI=1S/C13H16ClNO3S/c14-10-5-7-19-12(10)13(18)15-6-1-2-9(8-15)3-4-11(16)17/h5,7,9H,1-4,6,8H2,(H,16,17). The number of rotatable bonds is 4. The molecule has 1 saturated heterocycles. The van der Waals surface area contributed by atoms with Crippen LogP contribution in [0.4, 0.5) is 0 Å². The van der Waals surface area contributed by atoms with Crippen LogP contribution in [0, 0.1) is 5.92 Å². The van der Waals surface area contributed by atoms with E-state index in [1.54, 1.807) is 16.3 Å². The molecule has 0 bridgehead atoms. The molecular weight excluding hydrogens is 286 g/mol. The molecule has 2 heterocycles. The fourth-order valence-corrected chi connectivity index (χ4v) is 3.51. The van der Waals surface area contributed by atoms with Crippen molar-refractivity contribution in [3.8, 4) is 0 Å². The zero-order chi connectivity index (χ0) is 13.8. The Hall–Kier alpha value is -1.07. The molecule has 1 aliphatic heterocycles. The average Bonchev–Trinajstić information content (AvgIpc) is 2.82. The first-order valence-corrected chi connectivity index (χ1v) is 7.57. The van der Waals surface area contributed by atoms with Crippen LogP contribution >= 0.6 is 22.9 Å². The lowest BCUT2D eigenvalue weighted by molar-refractivity contribution is -0.137. The predicted octanol–water partition coefficient (Wildman–Crippen LogP) is 3.12. The molecule has 1 aromatic rings. The Labute approximate surface area is 121 Å². The predicted molar refractivity (Wildman–Crippen MR) is 74.8 cm³/mol. The number of amides is 1. The summed E-state index contributed by atoms with van der Waals surface area (Å²) in [6, 6.07) is 1.73. The second-order valence-corrected chi connectivity index (χ2v) is 6.11. The maximum absolute atomic E-state index is 12.3. The molecule has 1 amide bonds. The van der Waals surface area contributed by atoms with E-state index in [1.807, 2.05) is 0 Å². The molecule has 1 aliphatic rings. The van der Waals surface area contributed by atoms with Gasteiger partial charge in [-0.2, -0.15) is 0 Å². The molecule has 1 fully saturated rings. The summed E-state index contributed by atoms with van der Waals surface area (Å²) >= 11 is 7.33. The lowest BCUT2D eigenvalue weighted by Crippen LogP contribution is -2.39. The van der Waals surface area contributed by atoms with Gasteiger partial charge in [0, 0.05) is 19.5 Å². The fraction of sp³-hybridized carbons (Fsp3) is 0.538. The lowest BCUT2D eigenvalue weighted by atomic mass is 9.93. The third-order valence-corrected chi connectivity index (χ3v) is 4.71. The van der Waals surface area contributed by atoms with E-state index >= 15 is 0 Å². The van der Waals surface area contributed by atoms with Gasteiger partial charge in [-0.25, -0.2) is 0 Å². The van der Waals surface area contributed by atoms with Crippen molar-refractivity contribution in [3.63, 3.8) is 0 Å². The Balaban J connectivity index is 1.95. The van der Waals surface area contributed by atoms with E-state index in [0.29, 0.717) is 22.9 Å². The highest BCUT2D eigenvalue weighted by Crippen LogP contribution is 2.27. The quantitative estimate of drug-likeness (QED) is 0.929. The van der Waals surface area contributed by atoms with Crippen molar-refractivity contribution < 1.29 is 14.7 Å². The van der Waals surface area contributed by atoms with Crippen LogP contribution in [0.15, 0.2) is 11.4 Å². The zero-order valence-electron chi connectivity index (χ0n) is 10.5. The van der Waals surface area contributed by atoms with Crippen LogP contribution in [0.2, 0.25) is 5.02 Å². The van der Waals surface area contributed by atoms with Crippen LogP contribution < -0.4 is 0 Å². The molecule has 104 valence electrons. The first-order valence-electron chi connectivity index (χ1n) is 6.32. The minimum Gasteiger partial charge on any atom is -0.481 e. The Morgan fingerprint density at radius 2 is 2.32 bits per heavy atom. The summed E-state index contributed by atoms with van der Waals surface area (Å²) in [7, 11) is 0. The molecule has 4 nitrogen and oxygen atoms in total. The number of nitrogens with zero attached hydrogens (tertiary/aromatic N) is 1. The second-order valence-electron chi connectivity index (χ2n) is 4.79. The second kappa shape index (κ2) is 6.39. The van der Waals surface area contributed by atoms with Gasteiger partial charge in [-0.1, -0.05) is 11.6 Å². The zero-order valence-corrected chi connectivity index (χ0v) is 12.0. The van der Waals surface area contributed by atoms with Gasteiger partial charge in [-0.3, -0.25) is 9.59 Å². The summed E-state index contributed by atoms with van der Waals surface area (Å²) in [5.74, 6) is -0.516. The molecule has 19 heavy (non-hydrogen) atoms. The summed E-state index contributed by atoms with van der Waals surface area (Å²) in [6.45, 7) is 1.37. The Kier molecular flexibility index (Phi) is 4.82. The van der Waals surface area contributed by atoms with E-state index < -0.39 is 5.97 Å². The van der Waals surface area contributed by atoms with E-state index in [4.69, 9.17) is 16.7 Å². The van der Waals surface area contributed by atoms with E-state index in [1.165, 1.54) is 11.3 Å². The normalized spacial score (nSPS) is 19.4. The third kappa shape index (κ3) is 3.70. The van der Waals surface area contributed by atoms with Gasteiger partial charge in [-0.05, 0) is 36.6 Å². The van der Waals surface area contributed by atoms with E-state index in [9.17, 15) is 9.59 Å². The number of piperidine rings is 1. The van der Waals surface area contributed by atoms with Gasteiger partial charge >= 0.3 is 5.97 Å². The first kappa shape index (κ1) is 14.3. The molecule has 0 aliphatic carbocycles. The van der Waals surface area contributed by atoms with Gasteiger partial charge in [0.15, 0.2) is 0 Å². The highest BCUT2D eigenvalue weighted by molar-refractivity contribution is 7.12. The van der Waals surface area contributed by atoms with Crippen molar-refractivity contribution >= 4 is 34.8 Å². The van der Waals surface area contributed by atoms with Gasteiger partial charge < -0.3 is 10.0 Å². The maximum atomic E-state index is 12.3. The van der Waals surface area contributed by atoms with Crippen molar-refractivity contribution in [2.75, 3.05) is 13.1 Å². The van der Waals surface area contributed by atoms with Crippen molar-refractivity contribution in [2.24, 2.45) is 5.92 Å². The number of thiophene rings is 1. The average molecular weight is 302 g/mol. The number of aliphatic carboxylic acids is 1. The Morgan fingerprint density at radius 3 is 2.95 bits per heavy atom. The van der Waals surface area contributed by atoms with Crippen LogP contribution in [0.25, 0.3) is 0 Å². The van der Waals surface area contributed by atoms with Crippen LogP contribution in [-0.4, -0.2) is 35.0 Å². The minimum atomic E-state index is -0.773. The molecule has 0 aromatic carbocycles. The topological polar surface area (TPSA) is 57.6 Å². The highest BCUT2D eigenvalue weighted by atomic mass is 35.5. The minimum absolute atomic E-state index is 0.0278. The summed E-state index contributed by atoms with van der Waals surface area (Å²) in [6.07, 6.45) is 2.73. The first-order chi connectivity index (χ1) is 9.08. The van der Waals surface area contributed by atoms with Crippen LogP contribution in [-0.2, 0) is 4.79 Å². The monoisotopic (exact) mass is 301 g/mol. The molecule has 1 aromatic heterocycles. The van der Waals surface area contributed by atoms with E-state index in [-0.39, 0.29) is 18.2 Å². The number of hydrogen-bond acceptors (Lipinski definition) is 3. The number of carbonyl (C=O) groups excluding carboxylic acids is 1. The Morgan fingerprint density at radius 1 is 1.53 bits per heavy atom. The SMILES string of the molecule is O=C(O)CCC1CCCN(C(=O)c2sccc2Cl)C1. The maximum Gasteiger partial charge on any atom is 0.303 e. The van der Waals surface area contributed by atoms with Gasteiger partial charge in [0.05, 0.1) is 5.02 Å². The number of hydrogen-bond donors (Lipinski definition) is 1. The number of likely N-dealkylation sites (tertiary alicyclic amines) is 1. The summed E-state index contributed by atoms with van der Waals surface area (Å²) < 4.78 is 0. The van der Waals surface area contributed by atoms with Gasteiger partial charge in [-0.15, -0.1) is 11.3 Å². The van der Waals surface area contributed by atoms with Crippen LogP contribution in [0.5, 0.6) is 0 Å². The van der Waals surface area contributed by atoms with Crippen LogP contribution in [0.3, 0.4) is 0 Å². The van der Waals surface area contributed by atoms with Gasteiger partial charge in [0.2, 0.25) is 0 Å². The smallest absolute Gasteiger partial charge is 0.303 e. The van der Waals surface area contributed by atoms with Gasteiger partial charge in [0.25, 0.3) is 5.91 Å².